The van der Waals surface area contributed by atoms with Gasteiger partial charge in [-0.3, -0.25) is 0 Å². The second-order valence-electron chi connectivity index (χ2n) is 3.73. The van der Waals surface area contributed by atoms with E-state index in [9.17, 15) is 9.90 Å². The third-order valence-corrected chi connectivity index (χ3v) is 4.29. The number of carbonyl (C=O) groups excluding carboxylic acids is 1. The summed E-state index contributed by atoms with van der Waals surface area (Å²) < 4.78 is 5.46. The van der Waals surface area contributed by atoms with Crippen LogP contribution in [0.2, 0.25) is 0 Å². The van der Waals surface area contributed by atoms with Gasteiger partial charge >= 0.3 is 5.97 Å². The monoisotopic (exact) mass is 386 g/mol. The molecule has 0 amide bonds. The molecule has 0 aliphatic heterocycles. The number of phenolic OH excluding ortho intramolecular Hbond substituents is 1. The van der Waals surface area contributed by atoms with Crippen LogP contribution >= 0.6 is 34.4 Å². The predicted molar refractivity (Wildman–Crippen MR) is 82.7 cm³/mol. The molecule has 0 heterocycles. The first kappa shape index (κ1) is 14.2. The molecule has 0 unspecified atom stereocenters. The van der Waals surface area contributed by atoms with E-state index in [4.69, 9.17) is 0 Å². The van der Waals surface area contributed by atoms with Crippen LogP contribution in [0.3, 0.4) is 0 Å². The van der Waals surface area contributed by atoms with Gasteiger partial charge in [0.25, 0.3) is 0 Å². The lowest BCUT2D eigenvalue weighted by Gasteiger charge is -2.04. The molecule has 0 fully saturated rings. The highest BCUT2D eigenvalue weighted by atomic mass is 127. The van der Waals surface area contributed by atoms with Crippen molar-refractivity contribution in [1.29, 1.82) is 0 Å². The summed E-state index contributed by atoms with van der Waals surface area (Å²) in [5.74, 6) is -0.0540. The van der Waals surface area contributed by atoms with Gasteiger partial charge in [-0.1, -0.05) is 11.8 Å². The molecule has 98 valence electrons. The van der Waals surface area contributed by atoms with E-state index in [0.717, 1.165) is 13.4 Å². The van der Waals surface area contributed by atoms with E-state index < -0.39 is 0 Å². The summed E-state index contributed by atoms with van der Waals surface area (Å²) in [4.78, 5) is 13.4. The van der Waals surface area contributed by atoms with Crippen LogP contribution in [0.4, 0.5) is 0 Å². The van der Waals surface area contributed by atoms with Crippen molar-refractivity contribution in [2.24, 2.45) is 0 Å². The van der Waals surface area contributed by atoms with Crippen LogP contribution in [0.15, 0.2) is 52.3 Å². The summed E-state index contributed by atoms with van der Waals surface area (Å²) in [6, 6.07) is 12.7. The Bertz CT molecular complexity index is 596. The van der Waals surface area contributed by atoms with E-state index in [0.29, 0.717) is 5.56 Å². The van der Waals surface area contributed by atoms with Crippen LogP contribution in [-0.2, 0) is 4.74 Å². The van der Waals surface area contributed by atoms with Crippen LogP contribution in [-0.4, -0.2) is 18.2 Å². The molecule has 0 saturated carbocycles. The summed E-state index contributed by atoms with van der Waals surface area (Å²) in [5.41, 5.74) is 0.534. The zero-order valence-corrected chi connectivity index (χ0v) is 13.1. The fourth-order valence-electron chi connectivity index (χ4n) is 1.46. The number of aromatic hydroxyl groups is 1. The maximum atomic E-state index is 11.3. The second-order valence-corrected chi connectivity index (χ2v) is 6.04. The molecular formula is C14H11IO3S. The first-order valence-corrected chi connectivity index (χ1v) is 7.34. The number of esters is 1. The molecule has 0 aromatic heterocycles. The van der Waals surface area contributed by atoms with Gasteiger partial charge in [0.15, 0.2) is 0 Å². The minimum atomic E-state index is -0.337. The smallest absolute Gasteiger partial charge is 0.337 e. The Hall–Kier alpha value is -1.21. The van der Waals surface area contributed by atoms with Crippen molar-refractivity contribution in [2.75, 3.05) is 7.11 Å². The molecule has 0 bridgehead atoms. The largest absolute Gasteiger partial charge is 0.507 e. The highest BCUT2D eigenvalue weighted by Crippen LogP contribution is 2.31. The Kier molecular flexibility index (Phi) is 4.71. The highest BCUT2D eigenvalue weighted by molar-refractivity contribution is 14.1. The molecule has 2 aromatic carbocycles. The van der Waals surface area contributed by atoms with E-state index in [2.05, 4.69) is 27.3 Å². The topological polar surface area (TPSA) is 46.5 Å². The van der Waals surface area contributed by atoms with Crippen molar-refractivity contribution >= 4 is 40.3 Å². The molecule has 0 spiro atoms. The predicted octanol–water partition coefficient (Wildman–Crippen LogP) is 3.93. The van der Waals surface area contributed by atoms with Crippen LogP contribution in [0.1, 0.15) is 10.4 Å². The number of benzene rings is 2. The average Bonchev–Trinajstić information content (AvgIpc) is 2.43. The Morgan fingerprint density at radius 3 is 2.37 bits per heavy atom. The Morgan fingerprint density at radius 2 is 1.79 bits per heavy atom. The Labute approximate surface area is 129 Å². The van der Waals surface area contributed by atoms with Crippen molar-refractivity contribution in [3.05, 3.63) is 51.6 Å². The van der Waals surface area contributed by atoms with Crippen molar-refractivity contribution in [3.63, 3.8) is 0 Å². The van der Waals surface area contributed by atoms with Gasteiger partial charge < -0.3 is 9.84 Å². The number of rotatable bonds is 3. The van der Waals surface area contributed by atoms with E-state index in [1.165, 1.54) is 7.11 Å². The van der Waals surface area contributed by atoms with Crippen molar-refractivity contribution in [1.82, 2.24) is 0 Å². The summed E-state index contributed by atoms with van der Waals surface area (Å²) in [5, 5.41) is 9.47. The molecule has 0 radical (unpaired) electrons. The third-order valence-electron chi connectivity index (χ3n) is 2.43. The molecule has 19 heavy (non-hydrogen) atoms. The van der Waals surface area contributed by atoms with E-state index in [1.807, 2.05) is 24.3 Å². The van der Waals surface area contributed by atoms with Crippen LogP contribution in [0, 0.1) is 3.57 Å². The summed E-state index contributed by atoms with van der Waals surface area (Å²) in [6.45, 7) is 0. The standard InChI is InChI=1S/C14H11IO3S/c1-18-14(17)9-2-4-10(5-3-9)19-11-6-7-13(16)12(15)8-11/h2-8,16H,1H3. The lowest BCUT2D eigenvalue weighted by molar-refractivity contribution is 0.0600. The molecule has 3 nitrogen and oxygen atoms in total. The van der Waals surface area contributed by atoms with Crippen LogP contribution in [0.5, 0.6) is 5.75 Å². The SMILES string of the molecule is COC(=O)c1ccc(Sc2ccc(O)c(I)c2)cc1. The van der Waals surface area contributed by atoms with Gasteiger partial charge in [0, 0.05) is 9.79 Å². The Balaban J connectivity index is 2.15. The van der Waals surface area contributed by atoms with Crippen molar-refractivity contribution < 1.29 is 14.6 Å². The lowest BCUT2D eigenvalue weighted by Crippen LogP contribution is -2.00. The maximum Gasteiger partial charge on any atom is 0.337 e. The van der Waals surface area contributed by atoms with Gasteiger partial charge in [-0.25, -0.2) is 4.79 Å². The second kappa shape index (κ2) is 6.29. The number of hydrogen-bond acceptors (Lipinski definition) is 4. The molecular weight excluding hydrogens is 375 g/mol. The minimum absolute atomic E-state index is 0.283. The first-order chi connectivity index (χ1) is 9.10. The fourth-order valence-corrected chi connectivity index (χ4v) is 3.05. The van der Waals surface area contributed by atoms with E-state index in [1.54, 1.807) is 30.0 Å². The third kappa shape index (κ3) is 3.63. The van der Waals surface area contributed by atoms with Gasteiger partial charge in [0.1, 0.15) is 5.75 Å². The molecule has 0 atom stereocenters. The van der Waals surface area contributed by atoms with Gasteiger partial charge in [-0.15, -0.1) is 0 Å². The number of hydrogen-bond donors (Lipinski definition) is 1. The zero-order chi connectivity index (χ0) is 13.8. The van der Waals surface area contributed by atoms with Gasteiger partial charge in [0.05, 0.1) is 16.2 Å². The van der Waals surface area contributed by atoms with E-state index in [-0.39, 0.29) is 11.7 Å². The average molecular weight is 386 g/mol. The molecule has 2 aromatic rings. The molecule has 1 N–H and O–H groups in total. The quantitative estimate of drug-likeness (QED) is 0.642. The van der Waals surface area contributed by atoms with Crippen molar-refractivity contribution in [3.8, 4) is 5.75 Å². The Morgan fingerprint density at radius 1 is 1.16 bits per heavy atom. The first-order valence-electron chi connectivity index (χ1n) is 5.45. The number of methoxy groups -OCH3 is 1. The number of phenols is 1. The number of carbonyl (C=O) groups is 1. The van der Waals surface area contributed by atoms with E-state index >= 15 is 0 Å². The zero-order valence-electron chi connectivity index (χ0n) is 10.1. The molecule has 0 saturated heterocycles. The lowest BCUT2D eigenvalue weighted by atomic mass is 10.2. The highest BCUT2D eigenvalue weighted by Gasteiger charge is 2.06. The van der Waals surface area contributed by atoms with Gasteiger partial charge in [-0.05, 0) is 65.1 Å². The molecule has 2 rings (SSSR count). The van der Waals surface area contributed by atoms with Crippen molar-refractivity contribution in [2.45, 2.75) is 9.79 Å². The molecule has 0 aliphatic rings. The number of halogens is 1. The summed E-state index contributed by atoms with van der Waals surface area (Å²) >= 11 is 3.66. The van der Waals surface area contributed by atoms with Crippen LogP contribution < -0.4 is 0 Å². The van der Waals surface area contributed by atoms with Gasteiger partial charge in [-0.2, -0.15) is 0 Å². The summed E-state index contributed by atoms with van der Waals surface area (Å²) in [6.07, 6.45) is 0. The fraction of sp³-hybridized carbons (Fsp3) is 0.0714. The minimum Gasteiger partial charge on any atom is -0.507 e. The number of ether oxygens (including phenoxy) is 1. The summed E-state index contributed by atoms with van der Waals surface area (Å²) in [7, 11) is 1.36. The maximum absolute atomic E-state index is 11.3. The molecule has 0 aliphatic carbocycles. The van der Waals surface area contributed by atoms with Crippen LogP contribution in [0.25, 0.3) is 0 Å². The molecule has 5 heteroatoms. The van der Waals surface area contributed by atoms with Gasteiger partial charge in [0.2, 0.25) is 0 Å². The normalized spacial score (nSPS) is 10.2.